The van der Waals surface area contributed by atoms with E-state index in [1.54, 1.807) is 0 Å². The van der Waals surface area contributed by atoms with Crippen LogP contribution in [0.4, 0.5) is 10.8 Å². The highest BCUT2D eigenvalue weighted by molar-refractivity contribution is 8.02. The Hall–Kier alpha value is -1.60. The lowest BCUT2D eigenvalue weighted by atomic mass is 9.78. The summed E-state index contributed by atoms with van der Waals surface area (Å²) in [7, 11) is 0. The molecule has 1 aromatic heterocycles. The maximum Gasteiger partial charge on any atom is 0.233 e. The van der Waals surface area contributed by atoms with Gasteiger partial charge in [-0.25, -0.2) is 0 Å². The Labute approximate surface area is 169 Å². The van der Waals surface area contributed by atoms with Crippen LogP contribution in [0.1, 0.15) is 45.6 Å². The van der Waals surface area contributed by atoms with Crippen LogP contribution in [0.5, 0.6) is 0 Å². The molecule has 27 heavy (non-hydrogen) atoms. The summed E-state index contributed by atoms with van der Waals surface area (Å²) >= 11 is 2.95. The Morgan fingerprint density at radius 3 is 2.81 bits per heavy atom. The number of nitrogens with one attached hydrogen (secondary N) is 2. The monoisotopic (exact) mass is 404 g/mol. The average molecular weight is 405 g/mol. The lowest BCUT2D eigenvalue weighted by molar-refractivity contribution is -0.121. The second-order valence-electron chi connectivity index (χ2n) is 7.46. The minimum absolute atomic E-state index is 0.0922. The molecule has 0 unspecified atom stereocenters. The zero-order valence-electron chi connectivity index (χ0n) is 16.4. The van der Waals surface area contributed by atoms with E-state index in [4.69, 9.17) is 0 Å². The van der Waals surface area contributed by atoms with Crippen LogP contribution in [0.25, 0.3) is 0 Å². The SMILES string of the molecule is Cc1ccccc1Nc1nnc(S[C@@H](C)C(=O)N[C@@H]2CCC[C@H](C)[C@@H]2C)s1. The fraction of sp³-hybridized carbons (Fsp3) is 0.550. The molecule has 1 saturated carbocycles. The fourth-order valence-corrected chi connectivity index (χ4v) is 5.34. The molecule has 0 radical (unpaired) electrons. The van der Waals surface area contributed by atoms with E-state index in [0.29, 0.717) is 11.8 Å². The molecule has 2 N–H and O–H groups in total. The van der Waals surface area contributed by atoms with E-state index in [1.165, 1.54) is 35.9 Å². The highest BCUT2D eigenvalue weighted by atomic mass is 32.2. The van der Waals surface area contributed by atoms with Gasteiger partial charge in [0.2, 0.25) is 11.0 Å². The summed E-state index contributed by atoms with van der Waals surface area (Å²) in [6.45, 7) is 8.53. The first-order chi connectivity index (χ1) is 12.9. The summed E-state index contributed by atoms with van der Waals surface area (Å²) in [4.78, 5) is 12.6. The topological polar surface area (TPSA) is 66.9 Å². The molecule has 2 aromatic rings. The van der Waals surface area contributed by atoms with Crippen molar-refractivity contribution in [3.63, 3.8) is 0 Å². The summed E-state index contributed by atoms with van der Waals surface area (Å²) in [5.74, 6) is 1.30. The van der Waals surface area contributed by atoms with Gasteiger partial charge < -0.3 is 10.6 Å². The van der Waals surface area contributed by atoms with E-state index in [2.05, 4.69) is 47.7 Å². The summed E-state index contributed by atoms with van der Waals surface area (Å²) in [5.41, 5.74) is 2.18. The van der Waals surface area contributed by atoms with Gasteiger partial charge in [-0.1, -0.05) is 68.0 Å². The lowest BCUT2D eigenvalue weighted by Gasteiger charge is -2.35. The van der Waals surface area contributed by atoms with Crippen LogP contribution in [-0.2, 0) is 4.79 Å². The van der Waals surface area contributed by atoms with Gasteiger partial charge in [0, 0.05) is 11.7 Å². The third kappa shape index (κ3) is 5.23. The number of anilines is 2. The number of para-hydroxylation sites is 1. The summed E-state index contributed by atoms with van der Waals surface area (Å²) in [6, 6.07) is 8.36. The average Bonchev–Trinajstić information content (AvgIpc) is 3.08. The normalized spacial score (nSPS) is 23.6. The number of carbonyl (C=O) groups is 1. The van der Waals surface area contributed by atoms with Crippen LogP contribution in [0.3, 0.4) is 0 Å². The highest BCUT2D eigenvalue weighted by Gasteiger charge is 2.29. The molecule has 4 atom stereocenters. The number of hydrogen-bond acceptors (Lipinski definition) is 6. The second-order valence-corrected chi connectivity index (χ2v) is 10.0. The Bertz CT molecular complexity index is 779. The first kappa shape index (κ1) is 20.1. The molecular formula is C20H28N4OS2. The second kappa shape index (κ2) is 9.06. The van der Waals surface area contributed by atoms with Gasteiger partial charge in [0.05, 0.1) is 5.25 Å². The third-order valence-corrected chi connectivity index (χ3v) is 7.50. The van der Waals surface area contributed by atoms with Gasteiger partial charge in [-0.2, -0.15) is 0 Å². The molecule has 146 valence electrons. The molecule has 1 aliphatic rings. The highest BCUT2D eigenvalue weighted by Crippen LogP contribution is 2.32. The van der Waals surface area contributed by atoms with Crippen molar-refractivity contribution in [3.8, 4) is 0 Å². The van der Waals surface area contributed by atoms with E-state index in [9.17, 15) is 4.79 Å². The first-order valence-corrected chi connectivity index (χ1v) is 11.3. The van der Waals surface area contributed by atoms with Crippen LogP contribution < -0.4 is 10.6 Å². The number of aryl methyl sites for hydroxylation is 1. The van der Waals surface area contributed by atoms with Crippen molar-refractivity contribution in [2.24, 2.45) is 11.8 Å². The molecule has 1 heterocycles. The Morgan fingerprint density at radius 1 is 1.26 bits per heavy atom. The molecule has 1 aliphatic carbocycles. The molecule has 0 aliphatic heterocycles. The van der Waals surface area contributed by atoms with Crippen molar-refractivity contribution in [2.45, 2.75) is 62.6 Å². The maximum atomic E-state index is 12.6. The van der Waals surface area contributed by atoms with E-state index in [-0.39, 0.29) is 17.2 Å². The largest absolute Gasteiger partial charge is 0.352 e. The molecule has 1 amide bonds. The lowest BCUT2D eigenvalue weighted by Crippen LogP contribution is -2.46. The van der Waals surface area contributed by atoms with Crippen LogP contribution in [0, 0.1) is 18.8 Å². The predicted molar refractivity (Wildman–Crippen MR) is 114 cm³/mol. The van der Waals surface area contributed by atoms with Gasteiger partial charge >= 0.3 is 0 Å². The third-order valence-electron chi connectivity index (χ3n) is 5.47. The van der Waals surface area contributed by atoms with Gasteiger partial charge in [0.25, 0.3) is 0 Å². The Kier molecular flexibility index (Phi) is 6.76. The number of thioether (sulfide) groups is 1. The number of aromatic nitrogens is 2. The number of benzene rings is 1. The quantitative estimate of drug-likeness (QED) is 0.662. The van der Waals surface area contributed by atoms with Gasteiger partial charge in [-0.15, -0.1) is 10.2 Å². The number of amides is 1. The summed E-state index contributed by atoms with van der Waals surface area (Å²) in [6.07, 6.45) is 3.54. The van der Waals surface area contributed by atoms with E-state index in [0.717, 1.165) is 27.1 Å². The molecule has 3 rings (SSSR count). The van der Waals surface area contributed by atoms with E-state index >= 15 is 0 Å². The number of hydrogen-bond donors (Lipinski definition) is 2. The van der Waals surface area contributed by atoms with Crippen molar-refractivity contribution in [2.75, 3.05) is 5.32 Å². The number of nitrogens with zero attached hydrogens (tertiary/aromatic N) is 2. The maximum absolute atomic E-state index is 12.6. The minimum Gasteiger partial charge on any atom is -0.352 e. The number of rotatable bonds is 6. The van der Waals surface area contributed by atoms with E-state index < -0.39 is 0 Å². The van der Waals surface area contributed by atoms with Crippen LogP contribution in [-0.4, -0.2) is 27.4 Å². The summed E-state index contributed by atoms with van der Waals surface area (Å²) in [5, 5.41) is 15.5. The smallest absolute Gasteiger partial charge is 0.233 e. The zero-order valence-corrected chi connectivity index (χ0v) is 18.0. The van der Waals surface area contributed by atoms with Crippen LogP contribution in [0.15, 0.2) is 28.6 Å². The van der Waals surface area contributed by atoms with Crippen LogP contribution >= 0.6 is 23.1 Å². The molecule has 7 heteroatoms. The minimum atomic E-state index is -0.186. The standard InChI is InChI=1S/C20H28N4OS2/c1-12-9-7-11-17(14(12)3)21-18(25)15(4)26-20-24-23-19(27-20)22-16-10-6-5-8-13(16)2/h5-6,8,10,12,14-15,17H,7,9,11H2,1-4H3,(H,21,25)(H,22,23)/t12-,14-,15-,17+/m0/s1. The van der Waals surface area contributed by atoms with Gasteiger partial charge in [-0.05, 0) is 43.7 Å². The molecule has 0 saturated heterocycles. The van der Waals surface area contributed by atoms with Gasteiger partial charge in [0.15, 0.2) is 4.34 Å². The van der Waals surface area contributed by atoms with Crippen molar-refractivity contribution in [1.29, 1.82) is 0 Å². The van der Waals surface area contributed by atoms with Crippen molar-refractivity contribution in [1.82, 2.24) is 15.5 Å². The summed E-state index contributed by atoms with van der Waals surface area (Å²) < 4.78 is 0.804. The molecule has 1 aromatic carbocycles. The molecular weight excluding hydrogens is 376 g/mol. The molecule has 1 fully saturated rings. The van der Waals surface area contributed by atoms with Gasteiger partial charge in [0.1, 0.15) is 0 Å². The van der Waals surface area contributed by atoms with Gasteiger partial charge in [-0.3, -0.25) is 4.79 Å². The van der Waals surface area contributed by atoms with Crippen LogP contribution in [0.2, 0.25) is 0 Å². The first-order valence-electron chi connectivity index (χ1n) is 9.57. The van der Waals surface area contributed by atoms with E-state index in [1.807, 2.05) is 25.1 Å². The zero-order chi connectivity index (χ0) is 19.4. The molecule has 5 nitrogen and oxygen atoms in total. The van der Waals surface area contributed by atoms with Crippen molar-refractivity contribution >= 4 is 39.8 Å². The number of carbonyl (C=O) groups excluding carboxylic acids is 1. The molecule has 0 bridgehead atoms. The van der Waals surface area contributed by atoms with Crippen molar-refractivity contribution < 1.29 is 4.79 Å². The Balaban J connectivity index is 1.55. The van der Waals surface area contributed by atoms with Crippen molar-refractivity contribution in [3.05, 3.63) is 29.8 Å². The predicted octanol–water partition coefficient (Wildman–Crippen LogP) is 5.01. The Morgan fingerprint density at radius 2 is 2.04 bits per heavy atom. The fourth-order valence-electron chi connectivity index (χ4n) is 3.43. The molecule has 0 spiro atoms.